The van der Waals surface area contributed by atoms with Crippen molar-refractivity contribution in [1.82, 2.24) is 4.23 Å². The van der Waals surface area contributed by atoms with Crippen LogP contribution in [0.3, 0.4) is 0 Å². The number of hydrogen-bond acceptors (Lipinski definition) is 7. The van der Waals surface area contributed by atoms with Crippen molar-refractivity contribution in [2.24, 2.45) is 0 Å². The lowest BCUT2D eigenvalue weighted by atomic mass is 9.99. The van der Waals surface area contributed by atoms with E-state index in [-0.39, 0.29) is 12.4 Å². The molecule has 13 heteroatoms. The minimum atomic E-state index is -2.14. The van der Waals surface area contributed by atoms with Crippen molar-refractivity contribution in [2.75, 3.05) is 6.61 Å². The third-order valence-electron chi connectivity index (χ3n) is 6.84. The predicted molar refractivity (Wildman–Crippen MR) is 193 cm³/mol. The van der Waals surface area contributed by atoms with Crippen molar-refractivity contribution in [3.8, 4) is 0 Å². The van der Waals surface area contributed by atoms with E-state index in [9.17, 15) is 4.79 Å². The second-order valence-corrected chi connectivity index (χ2v) is 39.6. The van der Waals surface area contributed by atoms with E-state index in [2.05, 4.69) is 127 Å². The van der Waals surface area contributed by atoms with E-state index >= 15 is 0 Å². The van der Waals surface area contributed by atoms with Gasteiger partial charge in [0.2, 0.25) is 6.29 Å². The molecule has 1 saturated heterocycles. The summed E-state index contributed by atoms with van der Waals surface area (Å²) in [5.41, 5.74) is 2.11. The lowest BCUT2D eigenvalue weighted by molar-refractivity contribution is -0.282. The number of hydrogen-bond donors (Lipinski definition) is 0. The third kappa shape index (κ3) is 11.1. The van der Waals surface area contributed by atoms with Crippen molar-refractivity contribution >= 4 is 58.4 Å². The van der Waals surface area contributed by atoms with E-state index < -0.39 is 72.2 Å². The Balaban J connectivity index is 2.02. The Morgan fingerprint density at radius 2 is 1.25 bits per heavy atom. The molecule has 0 saturated carbocycles. The summed E-state index contributed by atoms with van der Waals surface area (Å²) in [6.07, 6.45) is -0.630. The first-order valence-electron chi connectivity index (χ1n) is 15.9. The lowest BCUT2D eigenvalue weighted by Crippen LogP contribution is -2.66. The van der Waals surface area contributed by atoms with Gasteiger partial charge in [0.05, 0.1) is 13.0 Å². The van der Waals surface area contributed by atoms with Gasteiger partial charge in [-0.2, -0.15) is 0 Å². The fourth-order valence-corrected chi connectivity index (χ4v) is 10.7. The maximum absolute atomic E-state index is 13.8. The van der Waals surface area contributed by atoms with Crippen molar-refractivity contribution < 1.29 is 32.0 Å². The Morgan fingerprint density at radius 1 is 0.727 bits per heavy atom. The summed E-state index contributed by atoms with van der Waals surface area (Å²) in [5.74, 6) is -0.348. The molecule has 1 aliphatic rings. The normalized spacial score (nSPS) is 24.1. The largest absolute Gasteiger partial charge is 0.433 e. The van der Waals surface area contributed by atoms with Crippen LogP contribution in [-0.2, 0) is 38.4 Å². The standard InChI is InChI=1S/C31H59NO7Si5/c1-40(2,3)32-21-23(24-18-16-17-19-25(24)32)20-27(33)36-31-30(39-44(13,14)15)29(38-43(10,11)12)28(37-42(7,8)9)26(35-31)22-34-41(4,5)6/h16-19,21,26,28-31H,20,22H2,1-15H3/t26-,28-,29+,30-,31+/m1/s1. The van der Waals surface area contributed by atoms with Crippen molar-refractivity contribution in [3.05, 3.63) is 36.0 Å². The van der Waals surface area contributed by atoms with Crippen LogP contribution >= 0.6 is 0 Å². The van der Waals surface area contributed by atoms with Gasteiger partial charge in [0.25, 0.3) is 0 Å². The zero-order chi connectivity index (χ0) is 33.5. The molecule has 0 spiro atoms. The summed E-state index contributed by atoms with van der Waals surface area (Å²) in [5, 5.41) is 1.08. The Hall–Kier alpha value is -0.886. The van der Waals surface area contributed by atoms with Crippen LogP contribution in [0.4, 0.5) is 0 Å². The van der Waals surface area contributed by atoms with Crippen molar-refractivity contribution in [3.63, 3.8) is 0 Å². The fraction of sp³-hybridized carbons (Fsp3) is 0.710. The molecule has 0 radical (unpaired) electrons. The highest BCUT2D eigenvalue weighted by atomic mass is 28.4. The number of ether oxygens (including phenoxy) is 2. The Kier molecular flexibility index (Phi) is 11.7. The second kappa shape index (κ2) is 13.7. The van der Waals surface area contributed by atoms with Gasteiger partial charge in [0, 0.05) is 10.9 Å². The second-order valence-electron chi connectivity index (χ2n) is 16.9. The van der Waals surface area contributed by atoms with Crippen molar-refractivity contribution in [2.45, 2.75) is 135 Å². The average molecular weight is 698 g/mol. The Bertz CT molecular complexity index is 1270. The molecule has 0 unspecified atom stereocenters. The number of fused-ring (bicyclic) bond motifs is 1. The van der Waals surface area contributed by atoms with Gasteiger partial charge in [-0.3, -0.25) is 4.79 Å². The predicted octanol–water partition coefficient (Wildman–Crippen LogP) is 7.65. The molecule has 2 aromatic rings. The topological polar surface area (TPSA) is 77.4 Å². The first kappa shape index (κ1) is 37.6. The van der Waals surface area contributed by atoms with Crippen LogP contribution in [0.15, 0.2) is 30.5 Å². The monoisotopic (exact) mass is 697 g/mol. The van der Waals surface area contributed by atoms with Crippen molar-refractivity contribution in [1.29, 1.82) is 0 Å². The van der Waals surface area contributed by atoms with Gasteiger partial charge < -0.3 is 31.4 Å². The summed E-state index contributed by atoms with van der Waals surface area (Å²) in [6, 6.07) is 8.29. The fourth-order valence-electron chi connectivity index (χ4n) is 5.34. The molecule has 5 atom stereocenters. The minimum Gasteiger partial charge on any atom is -0.433 e. The third-order valence-corrected chi connectivity index (χ3v) is 12.6. The number of aromatic nitrogens is 1. The minimum absolute atomic E-state index is 0.141. The van der Waals surface area contributed by atoms with Gasteiger partial charge in [-0.05, 0) is 96.4 Å². The van der Waals surface area contributed by atoms with Gasteiger partial charge in [-0.15, -0.1) is 0 Å². The molecule has 0 amide bonds. The average Bonchev–Trinajstić information content (AvgIpc) is 3.18. The summed E-state index contributed by atoms with van der Waals surface area (Å²) in [7, 11) is -9.89. The number of nitrogens with zero attached hydrogens (tertiary/aromatic N) is 1. The van der Waals surface area contributed by atoms with Crippen LogP contribution in [0.25, 0.3) is 10.9 Å². The van der Waals surface area contributed by atoms with Gasteiger partial charge in [-0.1, -0.05) is 37.8 Å². The van der Waals surface area contributed by atoms with Crippen LogP contribution < -0.4 is 0 Å². The molecule has 1 aliphatic heterocycles. The van der Waals surface area contributed by atoms with E-state index in [1.807, 2.05) is 6.07 Å². The Morgan fingerprint density at radius 3 is 1.77 bits per heavy atom. The number of para-hydroxylation sites is 1. The highest BCUT2D eigenvalue weighted by Crippen LogP contribution is 2.35. The molecule has 2 heterocycles. The number of carbonyl (C=O) groups is 1. The molecule has 3 rings (SSSR count). The lowest BCUT2D eigenvalue weighted by Gasteiger charge is -2.50. The molecule has 8 nitrogen and oxygen atoms in total. The number of benzene rings is 1. The number of rotatable bonds is 13. The van der Waals surface area contributed by atoms with E-state index in [1.165, 1.54) is 0 Å². The summed E-state index contributed by atoms with van der Waals surface area (Å²) >= 11 is 0. The maximum atomic E-state index is 13.8. The first-order chi connectivity index (χ1) is 19.8. The maximum Gasteiger partial charge on any atom is 0.312 e. The van der Waals surface area contributed by atoms with E-state index in [0.717, 1.165) is 16.5 Å². The number of esters is 1. The van der Waals surface area contributed by atoms with Gasteiger partial charge >= 0.3 is 5.97 Å². The van der Waals surface area contributed by atoms with Crippen LogP contribution in [0, 0.1) is 0 Å². The smallest absolute Gasteiger partial charge is 0.312 e. The quantitative estimate of drug-likeness (QED) is 0.157. The molecule has 250 valence electrons. The van der Waals surface area contributed by atoms with Crippen LogP contribution in [0.2, 0.25) is 98.2 Å². The zero-order valence-corrected chi connectivity index (χ0v) is 35.0. The summed E-state index contributed by atoms with van der Waals surface area (Å²) in [4.78, 5) is 13.8. The van der Waals surface area contributed by atoms with Crippen LogP contribution in [0.1, 0.15) is 5.56 Å². The molecule has 1 aromatic carbocycles. The van der Waals surface area contributed by atoms with Gasteiger partial charge in [-0.25, -0.2) is 0 Å². The van der Waals surface area contributed by atoms with Crippen LogP contribution in [-0.4, -0.2) is 89.0 Å². The molecule has 0 bridgehead atoms. The first-order valence-corrected chi connectivity index (χ1v) is 33.0. The highest BCUT2D eigenvalue weighted by molar-refractivity contribution is 6.75. The highest BCUT2D eigenvalue weighted by Gasteiger charge is 2.53. The molecule has 1 aromatic heterocycles. The molecule has 44 heavy (non-hydrogen) atoms. The molecule has 0 aliphatic carbocycles. The van der Waals surface area contributed by atoms with Gasteiger partial charge in [0.1, 0.15) is 24.4 Å². The number of carbonyl (C=O) groups excluding carboxylic acids is 1. The van der Waals surface area contributed by atoms with E-state index in [1.54, 1.807) is 0 Å². The van der Waals surface area contributed by atoms with Gasteiger partial charge in [0.15, 0.2) is 41.5 Å². The molecule has 1 fully saturated rings. The molecular weight excluding hydrogens is 639 g/mol. The Labute approximate surface area is 271 Å². The zero-order valence-electron chi connectivity index (χ0n) is 30.0. The summed E-state index contributed by atoms with van der Waals surface area (Å²) in [6.45, 7) is 33.2. The van der Waals surface area contributed by atoms with E-state index in [4.69, 9.17) is 27.2 Å². The SMILES string of the molecule is C[Si](C)(C)OC[C@H]1O[C@@H](OC(=O)Cc2cn([Si](C)(C)C)c3ccccc23)[C@H](O[Si](C)(C)C)[C@@H](O[Si](C)(C)C)[C@@H]1O[Si](C)(C)C. The molecular formula is C31H59NO7Si5. The van der Waals surface area contributed by atoms with E-state index in [0.29, 0.717) is 6.61 Å². The van der Waals surface area contributed by atoms with Crippen LogP contribution in [0.5, 0.6) is 0 Å². The molecule has 0 N–H and O–H groups in total. The summed E-state index contributed by atoms with van der Waals surface area (Å²) < 4.78 is 42.2.